The molecule has 1 aliphatic rings. The van der Waals surface area contributed by atoms with E-state index in [1.165, 1.54) is 24.2 Å². The number of carbonyl (C=O) groups excluding carboxylic acids is 2. The van der Waals surface area contributed by atoms with Gasteiger partial charge in [-0.05, 0) is 30.2 Å². The van der Waals surface area contributed by atoms with Gasteiger partial charge in [-0.1, -0.05) is 6.07 Å². The molecule has 92 valence electrons. The lowest BCUT2D eigenvalue weighted by Gasteiger charge is -2.16. The third kappa shape index (κ3) is 3.56. The summed E-state index contributed by atoms with van der Waals surface area (Å²) in [7, 11) is 1.79. The Bertz CT molecular complexity index is 399. The van der Waals surface area contributed by atoms with Crippen LogP contribution in [0.25, 0.3) is 0 Å². The van der Waals surface area contributed by atoms with Crippen LogP contribution in [0.2, 0.25) is 0 Å². The smallest absolute Gasteiger partial charge is 0.261 e. The zero-order chi connectivity index (χ0) is 12.3. The number of hydrogen-bond donors (Lipinski definition) is 1. The molecule has 1 heterocycles. The molecule has 0 spiro atoms. The number of likely N-dealkylation sites (N-methyl/N-ethyl adjacent to an activating group) is 1. The maximum Gasteiger partial charge on any atom is 0.261 e. The average molecular weight is 252 g/mol. The van der Waals surface area contributed by atoms with Crippen LogP contribution in [0.3, 0.4) is 0 Å². The van der Waals surface area contributed by atoms with Gasteiger partial charge in [-0.2, -0.15) is 0 Å². The van der Waals surface area contributed by atoms with Gasteiger partial charge in [-0.3, -0.25) is 9.59 Å². The largest absolute Gasteiger partial charge is 0.344 e. The van der Waals surface area contributed by atoms with Crippen LogP contribution in [-0.2, 0) is 4.79 Å². The highest BCUT2D eigenvalue weighted by Crippen LogP contribution is 2.29. The molecule has 0 unspecified atom stereocenters. The summed E-state index contributed by atoms with van der Waals surface area (Å²) in [4.78, 5) is 25.6. The molecule has 17 heavy (non-hydrogen) atoms. The summed E-state index contributed by atoms with van der Waals surface area (Å²) < 4.78 is 0. The fourth-order valence-corrected chi connectivity index (χ4v) is 2.22. The fraction of sp³-hybridized carbons (Fsp3) is 0.500. The number of thiophene rings is 1. The van der Waals surface area contributed by atoms with E-state index in [1.54, 1.807) is 18.0 Å². The molecule has 1 N–H and O–H groups in total. The van der Waals surface area contributed by atoms with Crippen LogP contribution in [0.4, 0.5) is 0 Å². The normalized spacial score (nSPS) is 14.4. The van der Waals surface area contributed by atoms with E-state index in [9.17, 15) is 9.59 Å². The first kappa shape index (κ1) is 12.1. The van der Waals surface area contributed by atoms with Gasteiger partial charge in [0.05, 0.1) is 11.4 Å². The van der Waals surface area contributed by atoms with Crippen molar-refractivity contribution < 1.29 is 9.59 Å². The van der Waals surface area contributed by atoms with Gasteiger partial charge in [-0.15, -0.1) is 11.3 Å². The zero-order valence-electron chi connectivity index (χ0n) is 9.81. The average Bonchev–Trinajstić information content (AvgIpc) is 2.96. The second kappa shape index (κ2) is 5.31. The van der Waals surface area contributed by atoms with Crippen LogP contribution in [-0.4, -0.2) is 36.9 Å². The molecule has 0 aromatic carbocycles. The number of hydrogen-bond acceptors (Lipinski definition) is 3. The van der Waals surface area contributed by atoms with E-state index >= 15 is 0 Å². The van der Waals surface area contributed by atoms with Crippen molar-refractivity contribution in [3.8, 4) is 0 Å². The molecule has 1 aliphatic carbocycles. The molecule has 0 saturated heterocycles. The molecule has 0 radical (unpaired) electrons. The number of carbonyl (C=O) groups is 2. The summed E-state index contributed by atoms with van der Waals surface area (Å²) >= 11 is 1.37. The second-order valence-corrected chi connectivity index (χ2v) is 5.33. The van der Waals surface area contributed by atoms with Gasteiger partial charge in [0.15, 0.2) is 0 Å². The lowest BCUT2D eigenvalue weighted by molar-refractivity contribution is -0.129. The molecule has 4 nitrogen and oxygen atoms in total. The topological polar surface area (TPSA) is 49.4 Å². The molecule has 0 atom stereocenters. The molecular weight excluding hydrogens is 236 g/mol. The minimum absolute atomic E-state index is 0.0261. The van der Waals surface area contributed by atoms with Crippen LogP contribution < -0.4 is 5.32 Å². The first-order valence-electron chi connectivity index (χ1n) is 5.72. The first-order valence-corrected chi connectivity index (χ1v) is 6.60. The first-order chi connectivity index (χ1) is 8.16. The Morgan fingerprint density at radius 3 is 2.88 bits per heavy atom. The Morgan fingerprint density at radius 1 is 1.53 bits per heavy atom. The number of nitrogens with zero attached hydrogens (tertiary/aromatic N) is 1. The van der Waals surface area contributed by atoms with Crippen molar-refractivity contribution >= 4 is 23.2 Å². The Morgan fingerprint density at radius 2 is 2.29 bits per heavy atom. The third-order valence-electron chi connectivity index (χ3n) is 2.80. The SMILES string of the molecule is CN(CC1CC1)C(=O)CNC(=O)c1cccs1. The van der Waals surface area contributed by atoms with E-state index in [-0.39, 0.29) is 18.4 Å². The summed E-state index contributed by atoms with van der Waals surface area (Å²) in [5.41, 5.74) is 0. The molecule has 2 rings (SSSR count). The van der Waals surface area contributed by atoms with Crippen LogP contribution in [0.1, 0.15) is 22.5 Å². The van der Waals surface area contributed by atoms with E-state index < -0.39 is 0 Å². The molecule has 1 fully saturated rings. The minimum atomic E-state index is -0.173. The van der Waals surface area contributed by atoms with Crippen molar-refractivity contribution in [3.05, 3.63) is 22.4 Å². The lowest BCUT2D eigenvalue weighted by atomic mass is 10.3. The molecule has 1 aromatic heterocycles. The van der Waals surface area contributed by atoms with E-state index in [0.717, 1.165) is 6.54 Å². The Hall–Kier alpha value is -1.36. The van der Waals surface area contributed by atoms with Crippen LogP contribution >= 0.6 is 11.3 Å². The Balaban J connectivity index is 1.73. The van der Waals surface area contributed by atoms with Gasteiger partial charge in [0.1, 0.15) is 0 Å². The van der Waals surface area contributed by atoms with Gasteiger partial charge in [0, 0.05) is 13.6 Å². The summed E-state index contributed by atoms with van der Waals surface area (Å²) in [5, 5.41) is 4.48. The Labute approximate surface area is 105 Å². The van der Waals surface area contributed by atoms with Gasteiger partial charge < -0.3 is 10.2 Å². The summed E-state index contributed by atoms with van der Waals surface area (Å²) in [6, 6.07) is 3.57. The summed E-state index contributed by atoms with van der Waals surface area (Å²) in [6.45, 7) is 0.896. The highest BCUT2D eigenvalue weighted by molar-refractivity contribution is 7.12. The van der Waals surface area contributed by atoms with E-state index in [1.807, 2.05) is 11.4 Å². The monoisotopic (exact) mass is 252 g/mol. The maximum atomic E-state index is 11.7. The predicted octanol–water partition coefficient (Wildman–Crippen LogP) is 1.35. The van der Waals surface area contributed by atoms with Gasteiger partial charge in [0.2, 0.25) is 5.91 Å². The van der Waals surface area contributed by atoms with Gasteiger partial charge >= 0.3 is 0 Å². The Kier molecular flexibility index (Phi) is 3.78. The molecule has 0 bridgehead atoms. The van der Waals surface area contributed by atoms with Crippen molar-refractivity contribution in [1.82, 2.24) is 10.2 Å². The van der Waals surface area contributed by atoms with Crippen LogP contribution in [0.5, 0.6) is 0 Å². The highest BCUT2D eigenvalue weighted by atomic mass is 32.1. The summed E-state index contributed by atoms with van der Waals surface area (Å²) in [5.74, 6) is 0.479. The molecule has 5 heteroatoms. The van der Waals surface area contributed by atoms with Crippen molar-refractivity contribution in [1.29, 1.82) is 0 Å². The fourth-order valence-electron chi connectivity index (χ4n) is 1.58. The standard InChI is InChI=1S/C12H16N2O2S/c1-14(8-9-4-5-9)11(15)7-13-12(16)10-3-2-6-17-10/h2-3,6,9H,4-5,7-8H2,1H3,(H,13,16). The number of rotatable bonds is 5. The van der Waals surface area contributed by atoms with Crippen molar-refractivity contribution in [3.63, 3.8) is 0 Å². The van der Waals surface area contributed by atoms with E-state index in [4.69, 9.17) is 0 Å². The van der Waals surface area contributed by atoms with Crippen molar-refractivity contribution in [2.45, 2.75) is 12.8 Å². The van der Waals surface area contributed by atoms with Crippen molar-refractivity contribution in [2.75, 3.05) is 20.1 Å². The molecule has 2 amide bonds. The maximum absolute atomic E-state index is 11.7. The summed E-state index contributed by atoms with van der Waals surface area (Å²) in [6.07, 6.45) is 2.44. The molecule has 1 aromatic rings. The second-order valence-electron chi connectivity index (χ2n) is 4.38. The molecular formula is C12H16N2O2S. The number of amides is 2. The van der Waals surface area contributed by atoms with Gasteiger partial charge in [0.25, 0.3) is 5.91 Å². The lowest BCUT2D eigenvalue weighted by Crippen LogP contribution is -2.38. The minimum Gasteiger partial charge on any atom is -0.344 e. The van der Waals surface area contributed by atoms with E-state index in [2.05, 4.69) is 5.32 Å². The molecule has 1 saturated carbocycles. The van der Waals surface area contributed by atoms with E-state index in [0.29, 0.717) is 10.8 Å². The quantitative estimate of drug-likeness (QED) is 0.860. The van der Waals surface area contributed by atoms with Crippen LogP contribution in [0.15, 0.2) is 17.5 Å². The molecule has 0 aliphatic heterocycles. The third-order valence-corrected chi connectivity index (χ3v) is 3.67. The highest BCUT2D eigenvalue weighted by Gasteiger charge is 2.24. The van der Waals surface area contributed by atoms with Crippen molar-refractivity contribution in [2.24, 2.45) is 5.92 Å². The predicted molar refractivity (Wildman–Crippen MR) is 67.0 cm³/mol. The zero-order valence-corrected chi connectivity index (χ0v) is 10.6. The van der Waals surface area contributed by atoms with Crippen LogP contribution in [0, 0.1) is 5.92 Å². The van der Waals surface area contributed by atoms with Gasteiger partial charge in [-0.25, -0.2) is 0 Å². The number of nitrogens with one attached hydrogen (secondary N) is 1.